The van der Waals surface area contributed by atoms with E-state index in [9.17, 15) is 22.4 Å². The molecule has 2 N–H and O–H groups in total. The normalized spacial score (nSPS) is 16.0. The van der Waals surface area contributed by atoms with Crippen molar-refractivity contribution in [1.82, 2.24) is 24.8 Å². The highest BCUT2D eigenvalue weighted by Crippen LogP contribution is 2.35. The second-order valence-electron chi connectivity index (χ2n) is 8.63. The van der Waals surface area contributed by atoms with Crippen molar-refractivity contribution in [1.29, 1.82) is 0 Å². The lowest BCUT2D eigenvalue weighted by atomic mass is 9.88. The Labute approximate surface area is 217 Å². The average molecular weight is 554 g/mol. The predicted octanol–water partition coefficient (Wildman–Crippen LogP) is 2.46. The summed E-state index contributed by atoms with van der Waals surface area (Å²) < 4.78 is 54.5. The summed E-state index contributed by atoms with van der Waals surface area (Å²) >= 11 is 6.18. The SMILES string of the molecule is Cc1ccc(F)c(C(C)C(NS(=O)(=O)c2ccc(Cl)c(C(=O)N3CCOCC3)n2)c2n[nH]c(=O)o2)c1C. The molecule has 2 unspecified atom stereocenters. The van der Waals surface area contributed by atoms with Crippen LogP contribution in [0.1, 0.15) is 52.0 Å². The first-order valence-corrected chi connectivity index (χ1v) is 13.2. The Morgan fingerprint density at radius 3 is 2.57 bits per heavy atom. The van der Waals surface area contributed by atoms with E-state index in [1.54, 1.807) is 26.8 Å². The van der Waals surface area contributed by atoms with E-state index in [1.165, 1.54) is 17.0 Å². The van der Waals surface area contributed by atoms with Gasteiger partial charge in [0.25, 0.3) is 15.9 Å². The Balaban J connectivity index is 1.72. The fraction of sp³-hybridized carbons (Fsp3) is 0.391. The van der Waals surface area contributed by atoms with Gasteiger partial charge in [-0.05, 0) is 48.7 Å². The lowest BCUT2D eigenvalue weighted by Gasteiger charge is -2.27. The summed E-state index contributed by atoms with van der Waals surface area (Å²) in [4.78, 5) is 30.1. The number of morpholine rings is 1. The highest BCUT2D eigenvalue weighted by molar-refractivity contribution is 7.89. The third kappa shape index (κ3) is 5.59. The third-order valence-electron chi connectivity index (χ3n) is 6.29. The first-order valence-electron chi connectivity index (χ1n) is 11.4. The largest absolute Gasteiger partial charge is 0.434 e. The van der Waals surface area contributed by atoms with Crippen molar-refractivity contribution >= 4 is 27.5 Å². The number of amides is 1. The molecule has 1 aliphatic heterocycles. The second-order valence-corrected chi connectivity index (χ2v) is 10.7. The van der Waals surface area contributed by atoms with E-state index in [0.29, 0.717) is 31.9 Å². The monoisotopic (exact) mass is 553 g/mol. The highest BCUT2D eigenvalue weighted by atomic mass is 35.5. The molecule has 2 atom stereocenters. The smallest absolute Gasteiger partial charge is 0.391 e. The molecule has 1 saturated heterocycles. The average Bonchev–Trinajstić information content (AvgIpc) is 3.31. The maximum atomic E-state index is 14.9. The van der Waals surface area contributed by atoms with Gasteiger partial charge in [0.2, 0.25) is 5.89 Å². The van der Waals surface area contributed by atoms with Crippen LogP contribution in [0.2, 0.25) is 5.02 Å². The van der Waals surface area contributed by atoms with E-state index in [1.807, 2.05) is 0 Å². The third-order valence-corrected chi connectivity index (χ3v) is 7.93. The number of ether oxygens (including phenoxy) is 1. The summed E-state index contributed by atoms with van der Waals surface area (Å²) in [5.74, 6) is -3.15. The summed E-state index contributed by atoms with van der Waals surface area (Å²) in [6.45, 7) is 6.38. The molecule has 1 aliphatic rings. The first-order chi connectivity index (χ1) is 17.5. The zero-order chi connectivity index (χ0) is 26.9. The van der Waals surface area contributed by atoms with Gasteiger partial charge in [0, 0.05) is 19.0 Å². The van der Waals surface area contributed by atoms with Gasteiger partial charge in [-0.2, -0.15) is 4.72 Å². The number of aromatic nitrogens is 3. The topological polar surface area (TPSA) is 147 Å². The number of nitrogens with one attached hydrogen (secondary N) is 2. The fourth-order valence-corrected chi connectivity index (χ4v) is 5.54. The molecular weight excluding hydrogens is 529 g/mol. The molecule has 2 aromatic heterocycles. The highest BCUT2D eigenvalue weighted by Gasteiger charge is 2.34. The maximum Gasteiger partial charge on any atom is 0.434 e. The first kappa shape index (κ1) is 26.9. The molecule has 0 saturated carbocycles. The number of nitrogens with zero attached hydrogens (tertiary/aromatic N) is 3. The Morgan fingerprint density at radius 1 is 1.22 bits per heavy atom. The quantitative estimate of drug-likeness (QED) is 0.453. The van der Waals surface area contributed by atoms with Crippen LogP contribution in [0.5, 0.6) is 0 Å². The van der Waals surface area contributed by atoms with Crippen molar-refractivity contribution in [3.63, 3.8) is 0 Å². The molecule has 1 amide bonds. The van der Waals surface area contributed by atoms with Gasteiger partial charge in [-0.1, -0.05) is 24.6 Å². The van der Waals surface area contributed by atoms with Crippen molar-refractivity contribution in [3.05, 3.63) is 73.9 Å². The molecule has 3 heterocycles. The number of pyridine rings is 1. The summed E-state index contributed by atoms with van der Waals surface area (Å²) in [6.07, 6.45) is 0. The van der Waals surface area contributed by atoms with Gasteiger partial charge in [0.1, 0.15) is 17.6 Å². The Kier molecular flexibility index (Phi) is 7.78. The van der Waals surface area contributed by atoms with E-state index >= 15 is 0 Å². The van der Waals surface area contributed by atoms with Gasteiger partial charge in [-0.25, -0.2) is 27.7 Å². The Bertz CT molecular complexity index is 1480. The number of carbonyl (C=O) groups is 1. The van der Waals surface area contributed by atoms with Crippen LogP contribution in [0, 0.1) is 19.7 Å². The van der Waals surface area contributed by atoms with E-state index in [0.717, 1.165) is 11.6 Å². The van der Waals surface area contributed by atoms with E-state index < -0.39 is 44.5 Å². The number of rotatable bonds is 7. The Morgan fingerprint density at radius 2 is 1.92 bits per heavy atom. The molecule has 0 spiro atoms. The number of aromatic amines is 1. The molecule has 4 rings (SSSR count). The van der Waals surface area contributed by atoms with Crippen molar-refractivity contribution < 1.29 is 26.8 Å². The lowest BCUT2D eigenvalue weighted by Crippen LogP contribution is -2.41. The molecule has 198 valence electrons. The number of H-pyrrole nitrogens is 1. The molecule has 11 nitrogen and oxygen atoms in total. The minimum atomic E-state index is -4.44. The number of hydrogen-bond donors (Lipinski definition) is 2. The van der Waals surface area contributed by atoms with Gasteiger partial charge < -0.3 is 14.1 Å². The standard InChI is InChI=1S/C23H25ClFN5O6S/c1-12-4-6-16(25)18(13(12)2)14(3)19(21-27-28-23(32)36-21)29-37(33,34)17-7-5-15(24)20(26-17)22(31)30-8-10-35-11-9-30/h4-7,14,19,29H,8-11H2,1-3H3,(H,28,32). The van der Waals surface area contributed by atoms with Gasteiger partial charge >= 0.3 is 5.76 Å². The second kappa shape index (κ2) is 10.7. The van der Waals surface area contributed by atoms with Crippen molar-refractivity contribution in [2.24, 2.45) is 0 Å². The zero-order valence-electron chi connectivity index (χ0n) is 20.2. The molecule has 1 fully saturated rings. The van der Waals surface area contributed by atoms with E-state index in [-0.39, 0.29) is 22.2 Å². The molecule has 1 aromatic carbocycles. The number of aryl methyl sites for hydroxylation is 1. The molecular formula is C23H25ClFN5O6S. The summed E-state index contributed by atoms with van der Waals surface area (Å²) in [5, 5.41) is 5.36. The number of benzene rings is 1. The van der Waals surface area contributed by atoms with Crippen molar-refractivity contribution in [3.8, 4) is 0 Å². The van der Waals surface area contributed by atoms with Crippen molar-refractivity contribution in [2.45, 2.75) is 37.8 Å². The lowest BCUT2D eigenvalue weighted by molar-refractivity contribution is 0.0298. The van der Waals surface area contributed by atoms with Gasteiger partial charge in [0.15, 0.2) is 5.03 Å². The van der Waals surface area contributed by atoms with Crippen LogP contribution >= 0.6 is 11.6 Å². The van der Waals surface area contributed by atoms with Crippen LogP contribution in [0.3, 0.4) is 0 Å². The summed E-state index contributed by atoms with van der Waals surface area (Å²) in [7, 11) is -4.44. The summed E-state index contributed by atoms with van der Waals surface area (Å²) in [6, 6.07) is 4.00. The maximum absolute atomic E-state index is 14.9. The summed E-state index contributed by atoms with van der Waals surface area (Å²) in [5.41, 5.74) is 1.39. The number of carbonyl (C=O) groups excluding carboxylic acids is 1. The van der Waals surface area contributed by atoms with E-state index in [4.69, 9.17) is 20.8 Å². The molecule has 37 heavy (non-hydrogen) atoms. The molecule has 0 radical (unpaired) electrons. The predicted molar refractivity (Wildman–Crippen MR) is 130 cm³/mol. The van der Waals surface area contributed by atoms with Crippen LogP contribution in [-0.2, 0) is 14.8 Å². The van der Waals surface area contributed by atoms with Gasteiger partial charge in [0.05, 0.1) is 18.2 Å². The molecule has 3 aromatic rings. The number of sulfonamides is 1. The molecule has 0 bridgehead atoms. The van der Waals surface area contributed by atoms with Crippen LogP contribution in [-0.4, -0.2) is 60.7 Å². The fourth-order valence-electron chi connectivity index (χ4n) is 4.14. The van der Waals surface area contributed by atoms with Crippen LogP contribution in [0.15, 0.2) is 38.5 Å². The minimum Gasteiger partial charge on any atom is -0.391 e. The van der Waals surface area contributed by atoms with Gasteiger partial charge in [-0.3, -0.25) is 4.79 Å². The van der Waals surface area contributed by atoms with Gasteiger partial charge in [-0.15, -0.1) is 5.10 Å². The molecule has 0 aliphatic carbocycles. The molecule has 14 heteroatoms. The van der Waals surface area contributed by atoms with Crippen LogP contribution in [0.25, 0.3) is 0 Å². The number of hydrogen-bond acceptors (Lipinski definition) is 8. The Hall–Kier alpha value is -3.13. The number of halogens is 2. The van der Waals surface area contributed by atoms with Crippen molar-refractivity contribution in [2.75, 3.05) is 26.3 Å². The van der Waals surface area contributed by atoms with Crippen LogP contribution in [0.4, 0.5) is 4.39 Å². The van der Waals surface area contributed by atoms with E-state index in [2.05, 4.69) is 19.9 Å². The minimum absolute atomic E-state index is 0.0175. The zero-order valence-corrected chi connectivity index (χ0v) is 21.8. The van der Waals surface area contributed by atoms with Crippen LogP contribution < -0.4 is 10.5 Å².